The zero-order valence-corrected chi connectivity index (χ0v) is 13.4. The van der Waals surface area contributed by atoms with E-state index in [1.807, 2.05) is 35.1 Å². The Hall–Kier alpha value is -1.73. The van der Waals surface area contributed by atoms with E-state index in [1.165, 1.54) is 0 Å². The first-order valence-electron chi connectivity index (χ1n) is 8.18. The predicted octanol–water partition coefficient (Wildman–Crippen LogP) is 0.441. The van der Waals surface area contributed by atoms with Crippen LogP contribution in [0.3, 0.4) is 0 Å². The van der Waals surface area contributed by atoms with Crippen LogP contribution in [-0.4, -0.2) is 64.0 Å². The van der Waals surface area contributed by atoms with Crippen LogP contribution >= 0.6 is 0 Å². The molecule has 1 aromatic carbocycles. The van der Waals surface area contributed by atoms with E-state index >= 15 is 0 Å². The number of rotatable bonds is 6. The molecule has 0 unspecified atom stereocenters. The molecule has 3 N–H and O–H groups in total. The second kappa shape index (κ2) is 7.70. The average molecular weight is 315 g/mol. The van der Waals surface area contributed by atoms with E-state index in [-0.39, 0.29) is 6.61 Å². The molecule has 0 radical (unpaired) electrons. The van der Waals surface area contributed by atoms with Crippen molar-refractivity contribution in [1.29, 1.82) is 0 Å². The lowest BCUT2D eigenvalue weighted by Gasteiger charge is -2.33. The zero-order valence-electron chi connectivity index (χ0n) is 13.4. The summed E-state index contributed by atoms with van der Waals surface area (Å²) in [5, 5.41) is 13.7. The number of aromatic nitrogens is 2. The van der Waals surface area contributed by atoms with Gasteiger partial charge >= 0.3 is 0 Å². The summed E-state index contributed by atoms with van der Waals surface area (Å²) in [4.78, 5) is 4.71. The molecule has 2 aromatic rings. The summed E-state index contributed by atoms with van der Waals surface area (Å²) >= 11 is 0. The summed E-state index contributed by atoms with van der Waals surface area (Å²) in [5.74, 6) is 0. The number of nitrogens with zero attached hydrogens (tertiary/aromatic N) is 4. The largest absolute Gasteiger partial charge is 0.395 e. The highest BCUT2D eigenvalue weighted by Gasteiger charge is 2.17. The van der Waals surface area contributed by atoms with Crippen LogP contribution in [0, 0.1) is 0 Å². The van der Waals surface area contributed by atoms with Gasteiger partial charge in [0, 0.05) is 52.0 Å². The van der Waals surface area contributed by atoms with Crippen molar-refractivity contribution in [3.8, 4) is 5.69 Å². The maximum Gasteiger partial charge on any atom is 0.0769 e. The van der Waals surface area contributed by atoms with Crippen LogP contribution in [0.1, 0.15) is 11.3 Å². The first-order valence-corrected chi connectivity index (χ1v) is 8.18. The molecule has 124 valence electrons. The number of hydrogen-bond acceptors (Lipinski definition) is 5. The fraction of sp³-hybridized carbons (Fsp3) is 0.471. The molecule has 3 rings (SSSR count). The lowest BCUT2D eigenvalue weighted by atomic mass is 10.2. The third kappa shape index (κ3) is 3.97. The van der Waals surface area contributed by atoms with Crippen LogP contribution < -0.4 is 5.73 Å². The maximum atomic E-state index is 9.00. The molecule has 1 saturated heterocycles. The van der Waals surface area contributed by atoms with E-state index in [2.05, 4.69) is 15.9 Å². The molecular formula is C17H25N5O. The molecule has 6 heteroatoms. The third-order valence-electron chi connectivity index (χ3n) is 4.37. The van der Waals surface area contributed by atoms with Crippen molar-refractivity contribution < 1.29 is 5.11 Å². The summed E-state index contributed by atoms with van der Waals surface area (Å²) < 4.78 is 1.92. The van der Waals surface area contributed by atoms with Crippen LogP contribution in [0.25, 0.3) is 5.69 Å². The van der Waals surface area contributed by atoms with Crippen LogP contribution in [0.5, 0.6) is 0 Å². The molecule has 0 atom stereocenters. The summed E-state index contributed by atoms with van der Waals surface area (Å²) in [6, 6.07) is 10.2. The van der Waals surface area contributed by atoms with Crippen molar-refractivity contribution in [3.05, 3.63) is 47.8 Å². The number of benzene rings is 1. The van der Waals surface area contributed by atoms with E-state index in [0.717, 1.165) is 56.2 Å². The number of aliphatic hydroxyl groups excluding tert-OH is 1. The van der Waals surface area contributed by atoms with Gasteiger partial charge in [-0.3, -0.25) is 9.80 Å². The van der Waals surface area contributed by atoms with Crippen molar-refractivity contribution in [1.82, 2.24) is 19.6 Å². The van der Waals surface area contributed by atoms with Crippen LogP contribution in [0.4, 0.5) is 0 Å². The molecular weight excluding hydrogens is 290 g/mol. The Bertz CT molecular complexity index is 619. The lowest BCUT2D eigenvalue weighted by molar-refractivity contribution is 0.107. The summed E-state index contributed by atoms with van der Waals surface area (Å²) in [6.45, 7) is 6.46. The minimum absolute atomic E-state index is 0.241. The lowest BCUT2D eigenvalue weighted by Crippen LogP contribution is -2.46. The highest BCUT2D eigenvalue weighted by Crippen LogP contribution is 2.14. The van der Waals surface area contributed by atoms with Crippen molar-refractivity contribution in [2.24, 2.45) is 5.73 Å². The number of hydrogen-bond donors (Lipinski definition) is 2. The molecule has 0 amide bonds. The number of β-amino-alcohol motifs (C(OH)–C–C–N with tert-alkyl or cyclic N) is 1. The van der Waals surface area contributed by atoms with E-state index in [1.54, 1.807) is 0 Å². The Kier molecular flexibility index (Phi) is 5.40. The van der Waals surface area contributed by atoms with Gasteiger partial charge in [0.2, 0.25) is 0 Å². The SMILES string of the molecule is NCc1ccccc1-n1ccc(CN2CCN(CCO)CC2)n1. The quantitative estimate of drug-likeness (QED) is 0.809. The minimum atomic E-state index is 0.241. The van der Waals surface area contributed by atoms with Gasteiger partial charge in [-0.1, -0.05) is 18.2 Å². The minimum Gasteiger partial charge on any atom is -0.395 e. The van der Waals surface area contributed by atoms with Crippen LogP contribution in [-0.2, 0) is 13.1 Å². The summed E-state index contributed by atoms with van der Waals surface area (Å²) in [5.41, 5.74) is 9.03. The number of nitrogens with two attached hydrogens (primary N) is 1. The predicted molar refractivity (Wildman–Crippen MR) is 90.3 cm³/mol. The van der Waals surface area contributed by atoms with E-state index in [9.17, 15) is 0 Å². The molecule has 0 bridgehead atoms. The normalized spacial score (nSPS) is 16.8. The average Bonchev–Trinajstić information content (AvgIpc) is 3.05. The zero-order chi connectivity index (χ0) is 16.1. The Labute approximate surface area is 137 Å². The number of piperazine rings is 1. The monoisotopic (exact) mass is 315 g/mol. The van der Waals surface area contributed by atoms with Gasteiger partial charge in [-0.15, -0.1) is 0 Å². The van der Waals surface area contributed by atoms with Crippen molar-refractivity contribution >= 4 is 0 Å². The molecule has 0 aliphatic carbocycles. The standard InChI is InChI=1S/C17H25N5O/c18-13-15-3-1-2-4-17(15)22-6-5-16(19-22)14-21-9-7-20(8-10-21)11-12-23/h1-6,23H,7-14,18H2. The second-order valence-corrected chi connectivity index (χ2v) is 5.93. The second-order valence-electron chi connectivity index (χ2n) is 5.93. The first kappa shape index (κ1) is 16.1. The molecule has 1 aliphatic rings. The Balaban J connectivity index is 1.62. The highest BCUT2D eigenvalue weighted by atomic mass is 16.3. The molecule has 1 aliphatic heterocycles. The molecule has 2 heterocycles. The molecule has 1 aromatic heterocycles. The van der Waals surface area contributed by atoms with Crippen LogP contribution in [0.15, 0.2) is 36.5 Å². The molecule has 6 nitrogen and oxygen atoms in total. The van der Waals surface area contributed by atoms with Gasteiger partial charge in [-0.2, -0.15) is 5.10 Å². The molecule has 1 fully saturated rings. The smallest absolute Gasteiger partial charge is 0.0769 e. The maximum absolute atomic E-state index is 9.00. The van der Waals surface area contributed by atoms with Gasteiger partial charge in [0.1, 0.15) is 0 Å². The summed E-state index contributed by atoms with van der Waals surface area (Å²) in [6.07, 6.45) is 2.01. The topological polar surface area (TPSA) is 70.5 Å². The van der Waals surface area contributed by atoms with E-state index in [4.69, 9.17) is 15.9 Å². The highest BCUT2D eigenvalue weighted by molar-refractivity contribution is 5.40. The molecule has 0 spiro atoms. The third-order valence-corrected chi connectivity index (χ3v) is 4.37. The Morgan fingerprint density at radius 3 is 2.52 bits per heavy atom. The van der Waals surface area contributed by atoms with Crippen molar-refractivity contribution in [2.45, 2.75) is 13.1 Å². The van der Waals surface area contributed by atoms with Gasteiger partial charge in [0.05, 0.1) is 18.0 Å². The van der Waals surface area contributed by atoms with Gasteiger partial charge in [0.15, 0.2) is 0 Å². The fourth-order valence-corrected chi connectivity index (χ4v) is 3.03. The van der Waals surface area contributed by atoms with Gasteiger partial charge in [-0.05, 0) is 17.7 Å². The van der Waals surface area contributed by atoms with Gasteiger partial charge in [0.25, 0.3) is 0 Å². The summed E-state index contributed by atoms with van der Waals surface area (Å²) in [7, 11) is 0. The first-order chi connectivity index (χ1) is 11.3. The van der Waals surface area contributed by atoms with E-state index < -0.39 is 0 Å². The van der Waals surface area contributed by atoms with Crippen molar-refractivity contribution in [2.75, 3.05) is 39.3 Å². The Morgan fingerprint density at radius 1 is 1.04 bits per heavy atom. The molecule has 23 heavy (non-hydrogen) atoms. The van der Waals surface area contributed by atoms with Crippen LogP contribution in [0.2, 0.25) is 0 Å². The fourth-order valence-electron chi connectivity index (χ4n) is 3.03. The number of para-hydroxylation sites is 1. The number of aliphatic hydroxyl groups is 1. The van der Waals surface area contributed by atoms with E-state index in [0.29, 0.717) is 6.54 Å². The van der Waals surface area contributed by atoms with Crippen molar-refractivity contribution in [3.63, 3.8) is 0 Å². The van der Waals surface area contributed by atoms with Gasteiger partial charge in [-0.25, -0.2) is 4.68 Å². The molecule has 0 saturated carbocycles. The van der Waals surface area contributed by atoms with Gasteiger partial charge < -0.3 is 10.8 Å². The Morgan fingerprint density at radius 2 is 1.78 bits per heavy atom.